The van der Waals surface area contributed by atoms with E-state index in [1.165, 1.54) is 0 Å². The van der Waals surface area contributed by atoms with Gasteiger partial charge in [-0.3, -0.25) is 0 Å². The fraction of sp³-hybridized carbons (Fsp3) is 0.500. The summed E-state index contributed by atoms with van der Waals surface area (Å²) in [5, 5.41) is 9.12. The lowest BCUT2D eigenvalue weighted by Gasteiger charge is -2.23. The van der Waals surface area contributed by atoms with Crippen LogP contribution in [0.15, 0.2) is 18.3 Å². The number of rotatable bonds is 2. The van der Waals surface area contributed by atoms with Crippen molar-refractivity contribution in [1.29, 1.82) is 0 Å². The summed E-state index contributed by atoms with van der Waals surface area (Å²) in [6.45, 7) is 1.22. The van der Waals surface area contributed by atoms with E-state index in [0.29, 0.717) is 0 Å². The molecule has 1 aliphatic heterocycles. The number of pyridine rings is 1. The Bertz CT molecular complexity index is 263. The maximum atomic E-state index is 9.12. The molecule has 0 amide bonds. The standard InChI is InChI=1S/C10H13N2O/c13-8-9-4-3-7-12(9)10-5-1-2-6-11-10/h1,5-6,9,13H,3-4,7-8H2. The number of aliphatic hydroxyl groups is 1. The molecule has 1 unspecified atom stereocenters. The molecule has 1 saturated heterocycles. The first-order valence-corrected chi connectivity index (χ1v) is 4.61. The fourth-order valence-corrected chi connectivity index (χ4v) is 1.81. The van der Waals surface area contributed by atoms with Crippen LogP contribution in [0.1, 0.15) is 12.8 Å². The maximum absolute atomic E-state index is 9.12. The molecular weight excluding hydrogens is 164 g/mol. The van der Waals surface area contributed by atoms with Gasteiger partial charge in [0.2, 0.25) is 0 Å². The van der Waals surface area contributed by atoms with E-state index in [9.17, 15) is 0 Å². The topological polar surface area (TPSA) is 36.4 Å². The SMILES string of the molecule is OCC1CCCN1c1cc[c]cn1. The third-order valence-corrected chi connectivity index (χ3v) is 2.48. The molecule has 0 saturated carbocycles. The summed E-state index contributed by atoms with van der Waals surface area (Å²) in [7, 11) is 0. The third-order valence-electron chi connectivity index (χ3n) is 2.48. The van der Waals surface area contributed by atoms with Gasteiger partial charge >= 0.3 is 0 Å². The van der Waals surface area contributed by atoms with Crippen molar-refractivity contribution in [2.75, 3.05) is 18.1 Å². The van der Waals surface area contributed by atoms with E-state index in [1.807, 2.05) is 12.1 Å². The molecule has 3 heteroatoms. The highest BCUT2D eigenvalue weighted by atomic mass is 16.3. The van der Waals surface area contributed by atoms with Crippen molar-refractivity contribution in [2.24, 2.45) is 0 Å². The van der Waals surface area contributed by atoms with E-state index < -0.39 is 0 Å². The summed E-state index contributed by atoms with van der Waals surface area (Å²) in [5.41, 5.74) is 0. The molecule has 1 aromatic rings. The van der Waals surface area contributed by atoms with Crippen molar-refractivity contribution in [3.05, 3.63) is 24.4 Å². The lowest BCUT2D eigenvalue weighted by Crippen LogP contribution is -2.32. The number of hydrogen-bond donors (Lipinski definition) is 1. The second-order valence-electron chi connectivity index (χ2n) is 3.29. The summed E-state index contributed by atoms with van der Waals surface area (Å²) in [6, 6.07) is 6.94. The minimum atomic E-state index is 0.223. The molecule has 2 rings (SSSR count). The van der Waals surface area contributed by atoms with Gasteiger partial charge in [-0.15, -0.1) is 0 Å². The molecule has 1 aliphatic rings. The van der Waals surface area contributed by atoms with Gasteiger partial charge in [0, 0.05) is 18.8 Å². The smallest absolute Gasteiger partial charge is 0.128 e. The predicted molar refractivity (Wildman–Crippen MR) is 50.5 cm³/mol. The van der Waals surface area contributed by atoms with E-state index in [4.69, 9.17) is 5.11 Å². The molecule has 1 aromatic heterocycles. The minimum absolute atomic E-state index is 0.223. The van der Waals surface area contributed by atoms with Gasteiger partial charge in [-0.25, -0.2) is 4.98 Å². The Hall–Kier alpha value is -1.09. The van der Waals surface area contributed by atoms with Crippen LogP contribution in [0.5, 0.6) is 0 Å². The van der Waals surface area contributed by atoms with E-state index >= 15 is 0 Å². The normalized spacial score (nSPS) is 22.2. The Morgan fingerprint density at radius 2 is 2.62 bits per heavy atom. The van der Waals surface area contributed by atoms with E-state index in [0.717, 1.165) is 25.2 Å². The molecule has 69 valence electrons. The largest absolute Gasteiger partial charge is 0.394 e. The van der Waals surface area contributed by atoms with Crippen molar-refractivity contribution >= 4 is 5.82 Å². The molecular formula is C10H13N2O. The second kappa shape index (κ2) is 3.75. The summed E-state index contributed by atoms with van der Waals surface area (Å²) in [6.07, 6.45) is 3.88. The zero-order chi connectivity index (χ0) is 9.10. The predicted octanol–water partition coefficient (Wildman–Crippen LogP) is 0.843. The summed E-state index contributed by atoms with van der Waals surface area (Å²) >= 11 is 0. The number of hydrogen-bond acceptors (Lipinski definition) is 3. The van der Waals surface area contributed by atoms with Crippen molar-refractivity contribution in [1.82, 2.24) is 4.98 Å². The molecule has 3 nitrogen and oxygen atoms in total. The van der Waals surface area contributed by atoms with E-state index in [1.54, 1.807) is 6.20 Å². The van der Waals surface area contributed by atoms with Gasteiger partial charge in [0.1, 0.15) is 5.82 Å². The Kier molecular flexibility index (Phi) is 2.45. The highest BCUT2D eigenvalue weighted by Gasteiger charge is 2.24. The van der Waals surface area contributed by atoms with Crippen LogP contribution in [0.4, 0.5) is 5.82 Å². The van der Waals surface area contributed by atoms with E-state index in [-0.39, 0.29) is 12.6 Å². The number of anilines is 1. The van der Waals surface area contributed by atoms with Crippen LogP contribution in [-0.2, 0) is 0 Å². The number of nitrogens with zero attached hydrogens (tertiary/aromatic N) is 2. The molecule has 1 fully saturated rings. The molecule has 0 aromatic carbocycles. The Morgan fingerprint density at radius 3 is 3.31 bits per heavy atom. The van der Waals surface area contributed by atoms with Crippen LogP contribution in [0.3, 0.4) is 0 Å². The summed E-state index contributed by atoms with van der Waals surface area (Å²) < 4.78 is 0. The molecule has 13 heavy (non-hydrogen) atoms. The Morgan fingerprint density at radius 1 is 1.69 bits per heavy atom. The first kappa shape index (κ1) is 8.51. The molecule has 2 heterocycles. The highest BCUT2D eigenvalue weighted by Crippen LogP contribution is 2.22. The van der Waals surface area contributed by atoms with Gasteiger partial charge in [-0.1, -0.05) is 0 Å². The summed E-state index contributed by atoms with van der Waals surface area (Å²) in [4.78, 5) is 6.38. The molecule has 1 N–H and O–H groups in total. The van der Waals surface area contributed by atoms with E-state index in [2.05, 4.69) is 16.0 Å². The molecule has 0 spiro atoms. The van der Waals surface area contributed by atoms with Crippen molar-refractivity contribution in [2.45, 2.75) is 18.9 Å². The third kappa shape index (κ3) is 1.65. The molecule has 0 bridgehead atoms. The van der Waals surface area contributed by atoms with Crippen LogP contribution in [0.2, 0.25) is 0 Å². The first-order valence-electron chi connectivity index (χ1n) is 4.61. The van der Waals surface area contributed by atoms with Gasteiger partial charge < -0.3 is 10.0 Å². The van der Waals surface area contributed by atoms with Gasteiger partial charge in [-0.05, 0) is 25.0 Å². The van der Waals surface area contributed by atoms with Gasteiger partial charge in [0.15, 0.2) is 0 Å². The molecule has 1 radical (unpaired) electrons. The molecule has 1 atom stereocenters. The zero-order valence-electron chi connectivity index (χ0n) is 7.48. The maximum Gasteiger partial charge on any atom is 0.128 e. The lowest BCUT2D eigenvalue weighted by atomic mass is 10.2. The van der Waals surface area contributed by atoms with Gasteiger partial charge in [-0.2, -0.15) is 0 Å². The van der Waals surface area contributed by atoms with Crippen LogP contribution in [0.25, 0.3) is 0 Å². The lowest BCUT2D eigenvalue weighted by molar-refractivity contribution is 0.266. The number of aliphatic hydroxyl groups excluding tert-OH is 1. The zero-order valence-corrected chi connectivity index (χ0v) is 7.48. The van der Waals surface area contributed by atoms with Crippen LogP contribution >= 0.6 is 0 Å². The van der Waals surface area contributed by atoms with Crippen LogP contribution in [-0.4, -0.2) is 29.3 Å². The quantitative estimate of drug-likeness (QED) is 0.727. The minimum Gasteiger partial charge on any atom is -0.394 e. The number of aromatic nitrogens is 1. The fourth-order valence-electron chi connectivity index (χ4n) is 1.81. The van der Waals surface area contributed by atoms with Crippen molar-refractivity contribution in [3.63, 3.8) is 0 Å². The highest BCUT2D eigenvalue weighted by molar-refractivity contribution is 5.40. The summed E-state index contributed by atoms with van der Waals surface area (Å²) in [5.74, 6) is 0.954. The second-order valence-corrected chi connectivity index (χ2v) is 3.29. The van der Waals surface area contributed by atoms with Gasteiger partial charge in [0.05, 0.1) is 12.6 Å². The average Bonchev–Trinajstić information content (AvgIpc) is 2.67. The Labute approximate surface area is 78.0 Å². The van der Waals surface area contributed by atoms with Crippen molar-refractivity contribution in [3.8, 4) is 0 Å². The first-order chi connectivity index (χ1) is 6.42. The van der Waals surface area contributed by atoms with Crippen LogP contribution < -0.4 is 4.90 Å². The Balaban J connectivity index is 2.16. The molecule has 0 aliphatic carbocycles. The average molecular weight is 177 g/mol. The van der Waals surface area contributed by atoms with Crippen molar-refractivity contribution < 1.29 is 5.11 Å². The van der Waals surface area contributed by atoms with Crippen LogP contribution in [0, 0.1) is 6.07 Å². The van der Waals surface area contributed by atoms with Gasteiger partial charge in [0.25, 0.3) is 0 Å². The monoisotopic (exact) mass is 177 g/mol.